The van der Waals surface area contributed by atoms with Gasteiger partial charge in [0.2, 0.25) is 0 Å². The summed E-state index contributed by atoms with van der Waals surface area (Å²) in [7, 11) is -0.222. The van der Waals surface area contributed by atoms with E-state index in [1.54, 1.807) is 19.2 Å². The number of benzene rings is 1. The number of nitrogens with one attached hydrogen (secondary N) is 1. The average Bonchev–Trinajstić information content (AvgIpc) is 3.10. The van der Waals surface area contributed by atoms with Crippen molar-refractivity contribution in [1.82, 2.24) is 14.8 Å². The highest BCUT2D eigenvalue weighted by Gasteiger charge is 2.38. The maximum atomic E-state index is 13.1. The number of hydrogen-bond donors (Lipinski definition) is 3. The molecule has 0 atom stereocenters. The largest absolute Gasteiger partial charge is 0.490 e. The minimum absolute atomic E-state index is 0.100. The molecule has 0 bridgehead atoms. The second kappa shape index (κ2) is 13.0. The van der Waals surface area contributed by atoms with Crippen LogP contribution in [0.4, 0.5) is 24.7 Å². The summed E-state index contributed by atoms with van der Waals surface area (Å²) in [4.78, 5) is 26.6. The molecular weight excluding hydrogens is 567 g/mol. The van der Waals surface area contributed by atoms with Gasteiger partial charge in [0, 0.05) is 32.5 Å². The summed E-state index contributed by atoms with van der Waals surface area (Å²) < 4.78 is 62.3. The standard InChI is InChI=1S/C24H31N5O4S.C2HF3O2/c1-15-9-10-20(12-16(15)2)34(32,33)27-22-13-19(24(30)31)14-25-23(22)28(5)11-7-8-21-17(3)26-29(6)18(21)4;3-2(4,5)1(6)7/h9-10,12-14,27H,7-8,11H2,1-6H3,(H,30,31);(H,6,7). The molecule has 0 aliphatic rings. The molecule has 0 amide bonds. The topological polar surface area (TPSA) is 155 Å². The van der Waals surface area contributed by atoms with Crippen LogP contribution in [0.1, 0.15) is 44.9 Å². The summed E-state index contributed by atoms with van der Waals surface area (Å²) >= 11 is 0. The number of aromatic nitrogens is 3. The Morgan fingerprint density at radius 1 is 1.07 bits per heavy atom. The molecule has 0 spiro atoms. The number of aryl methyl sites for hydroxylation is 4. The van der Waals surface area contributed by atoms with Crippen molar-refractivity contribution in [1.29, 1.82) is 0 Å². The molecule has 3 N–H and O–H groups in total. The van der Waals surface area contributed by atoms with Crippen LogP contribution >= 0.6 is 0 Å². The molecule has 0 aliphatic carbocycles. The zero-order valence-corrected chi connectivity index (χ0v) is 24.2. The quantitative estimate of drug-likeness (QED) is 0.327. The van der Waals surface area contributed by atoms with Crippen LogP contribution in [0.5, 0.6) is 0 Å². The number of pyridine rings is 1. The van der Waals surface area contributed by atoms with Gasteiger partial charge in [-0.1, -0.05) is 6.07 Å². The number of halogens is 3. The molecule has 0 saturated carbocycles. The third-order valence-electron chi connectivity index (χ3n) is 6.33. The van der Waals surface area contributed by atoms with Gasteiger partial charge in [-0.2, -0.15) is 18.3 Å². The minimum atomic E-state index is -5.08. The maximum absolute atomic E-state index is 13.1. The van der Waals surface area contributed by atoms with Crippen molar-refractivity contribution in [3.8, 4) is 0 Å². The lowest BCUT2D eigenvalue weighted by atomic mass is 10.1. The first-order valence-electron chi connectivity index (χ1n) is 12.2. The molecule has 3 rings (SSSR count). The number of carbonyl (C=O) groups is 2. The van der Waals surface area contributed by atoms with Gasteiger partial charge in [0.1, 0.15) is 0 Å². The van der Waals surface area contributed by atoms with Crippen molar-refractivity contribution in [2.24, 2.45) is 7.05 Å². The fourth-order valence-corrected chi connectivity index (χ4v) is 4.95. The first-order valence-corrected chi connectivity index (χ1v) is 13.7. The molecule has 11 nitrogen and oxygen atoms in total. The molecule has 3 aromatic rings. The maximum Gasteiger partial charge on any atom is 0.490 e. The van der Waals surface area contributed by atoms with Gasteiger partial charge in [-0.3, -0.25) is 9.40 Å². The number of carboxylic acid groups (broad SMARTS) is 2. The van der Waals surface area contributed by atoms with Gasteiger partial charge >= 0.3 is 18.1 Å². The van der Waals surface area contributed by atoms with E-state index in [2.05, 4.69) is 14.8 Å². The van der Waals surface area contributed by atoms with Crippen LogP contribution in [-0.4, -0.2) is 65.1 Å². The molecule has 0 aliphatic heterocycles. The lowest BCUT2D eigenvalue weighted by Crippen LogP contribution is -2.24. The zero-order chi connectivity index (χ0) is 31.3. The fourth-order valence-electron chi connectivity index (χ4n) is 3.82. The van der Waals surface area contributed by atoms with Crippen LogP contribution < -0.4 is 9.62 Å². The second-order valence-electron chi connectivity index (χ2n) is 9.35. The molecule has 41 heavy (non-hydrogen) atoms. The first-order chi connectivity index (χ1) is 18.8. The molecule has 0 unspecified atom stereocenters. The zero-order valence-electron chi connectivity index (χ0n) is 23.4. The Balaban J connectivity index is 0.000000745. The minimum Gasteiger partial charge on any atom is -0.478 e. The Bertz CT molecular complexity index is 1540. The van der Waals surface area contributed by atoms with Gasteiger partial charge in [-0.15, -0.1) is 0 Å². The Morgan fingerprint density at radius 3 is 2.17 bits per heavy atom. The normalized spacial score (nSPS) is 11.4. The van der Waals surface area contributed by atoms with Crippen molar-refractivity contribution in [3.05, 3.63) is 64.1 Å². The summed E-state index contributed by atoms with van der Waals surface area (Å²) in [5.74, 6) is -3.58. The first kappa shape index (κ1) is 33.1. The third kappa shape index (κ3) is 8.67. The molecule has 1 aromatic carbocycles. The summed E-state index contributed by atoms with van der Waals surface area (Å²) in [5, 5.41) is 21.0. The monoisotopic (exact) mass is 599 g/mol. The molecule has 224 valence electrons. The molecule has 15 heteroatoms. The van der Waals surface area contributed by atoms with Gasteiger partial charge in [0.05, 0.1) is 21.8 Å². The summed E-state index contributed by atoms with van der Waals surface area (Å²) in [6.45, 7) is 8.35. The number of aromatic carboxylic acids is 1. The van der Waals surface area contributed by atoms with Crippen molar-refractivity contribution in [3.63, 3.8) is 0 Å². The van der Waals surface area contributed by atoms with E-state index in [-0.39, 0.29) is 16.1 Å². The van der Waals surface area contributed by atoms with E-state index in [0.29, 0.717) is 12.4 Å². The highest BCUT2D eigenvalue weighted by molar-refractivity contribution is 7.92. The fraction of sp³-hybridized carbons (Fsp3) is 0.385. The van der Waals surface area contributed by atoms with E-state index in [4.69, 9.17) is 9.90 Å². The number of aliphatic carboxylic acids is 1. The Labute approximate surface area is 235 Å². The van der Waals surface area contributed by atoms with E-state index < -0.39 is 28.1 Å². The molecular formula is C26H32F3N5O6S. The van der Waals surface area contributed by atoms with Crippen molar-refractivity contribution < 1.29 is 41.4 Å². The van der Waals surface area contributed by atoms with Crippen molar-refractivity contribution >= 4 is 33.5 Å². The third-order valence-corrected chi connectivity index (χ3v) is 7.69. The smallest absolute Gasteiger partial charge is 0.478 e. The van der Waals surface area contributed by atoms with Crippen LogP contribution in [0.15, 0.2) is 35.4 Å². The number of anilines is 2. The molecule has 2 heterocycles. The van der Waals surface area contributed by atoms with E-state index in [1.165, 1.54) is 23.9 Å². The van der Waals surface area contributed by atoms with Gasteiger partial charge < -0.3 is 15.1 Å². The number of alkyl halides is 3. The highest BCUT2D eigenvalue weighted by Crippen LogP contribution is 2.28. The average molecular weight is 600 g/mol. The van der Waals surface area contributed by atoms with Crippen LogP contribution in [-0.2, 0) is 28.3 Å². The summed E-state index contributed by atoms with van der Waals surface area (Å²) in [6, 6.07) is 6.16. The van der Waals surface area contributed by atoms with Crippen LogP contribution in [0.25, 0.3) is 0 Å². The Kier molecular flexibility index (Phi) is 10.5. The second-order valence-corrected chi connectivity index (χ2v) is 11.0. The highest BCUT2D eigenvalue weighted by atomic mass is 32.2. The number of rotatable bonds is 9. The van der Waals surface area contributed by atoms with Crippen LogP contribution in [0.2, 0.25) is 0 Å². The van der Waals surface area contributed by atoms with Crippen molar-refractivity contribution in [2.75, 3.05) is 23.2 Å². The predicted molar refractivity (Wildman–Crippen MR) is 146 cm³/mol. The summed E-state index contributed by atoms with van der Waals surface area (Å²) in [5.41, 5.74) is 5.15. The van der Waals surface area contributed by atoms with Crippen molar-refractivity contribution in [2.45, 2.75) is 51.6 Å². The predicted octanol–water partition coefficient (Wildman–Crippen LogP) is 4.25. The van der Waals surface area contributed by atoms with E-state index in [0.717, 1.165) is 35.4 Å². The molecule has 0 fully saturated rings. The van der Waals surface area contributed by atoms with Gasteiger partial charge in [0.15, 0.2) is 5.82 Å². The lowest BCUT2D eigenvalue weighted by Gasteiger charge is -2.22. The number of hydrogen-bond acceptors (Lipinski definition) is 7. The Morgan fingerprint density at radius 2 is 1.68 bits per heavy atom. The van der Waals surface area contributed by atoms with E-state index in [9.17, 15) is 31.5 Å². The molecule has 2 aromatic heterocycles. The van der Waals surface area contributed by atoms with E-state index in [1.807, 2.05) is 44.3 Å². The SMILES string of the molecule is Cc1ccc(S(=O)(=O)Nc2cc(C(=O)O)cnc2N(C)CCCc2c(C)nn(C)c2C)cc1C.O=C(O)C(F)(F)F. The molecule has 0 saturated heterocycles. The summed E-state index contributed by atoms with van der Waals surface area (Å²) in [6.07, 6.45) is -2.25. The van der Waals surface area contributed by atoms with Gasteiger partial charge in [0.25, 0.3) is 10.0 Å². The molecule has 0 radical (unpaired) electrons. The van der Waals surface area contributed by atoms with E-state index >= 15 is 0 Å². The number of sulfonamides is 1. The number of carboxylic acids is 2. The van der Waals surface area contributed by atoms with Gasteiger partial charge in [-0.25, -0.2) is 23.0 Å². The lowest BCUT2D eigenvalue weighted by molar-refractivity contribution is -0.192. The number of nitrogens with zero attached hydrogens (tertiary/aromatic N) is 4. The van der Waals surface area contributed by atoms with Crippen LogP contribution in [0, 0.1) is 27.7 Å². The Hall–Kier alpha value is -4.14. The van der Waals surface area contributed by atoms with Crippen LogP contribution in [0.3, 0.4) is 0 Å². The van der Waals surface area contributed by atoms with Gasteiger partial charge in [-0.05, 0) is 75.4 Å².